The summed E-state index contributed by atoms with van der Waals surface area (Å²) in [5.74, 6) is -3.98. The quantitative estimate of drug-likeness (QED) is 0.315. The van der Waals surface area contributed by atoms with Crippen molar-refractivity contribution in [2.24, 2.45) is 17.8 Å². The van der Waals surface area contributed by atoms with E-state index >= 15 is 0 Å². The monoisotopic (exact) mass is 548 g/mol. The van der Waals surface area contributed by atoms with Gasteiger partial charge in [-0.05, 0) is 86.4 Å². The van der Waals surface area contributed by atoms with E-state index in [1.807, 2.05) is 24.8 Å². The number of halogens is 4. The smallest absolute Gasteiger partial charge is 0.320 e. The van der Waals surface area contributed by atoms with Crippen LogP contribution >= 0.6 is 0 Å². The third-order valence-corrected chi connectivity index (χ3v) is 8.50. The first-order valence-electron chi connectivity index (χ1n) is 14.1. The van der Waals surface area contributed by atoms with Crippen molar-refractivity contribution < 1.29 is 27.5 Å². The van der Waals surface area contributed by atoms with Crippen LogP contribution in [0.5, 0.6) is 0 Å². The van der Waals surface area contributed by atoms with Gasteiger partial charge in [0.05, 0.1) is 0 Å². The summed E-state index contributed by atoms with van der Waals surface area (Å²) in [5, 5.41) is 9.93. The number of likely N-dealkylation sites (tertiary alicyclic amines) is 2. The van der Waals surface area contributed by atoms with Crippen molar-refractivity contribution in [3.8, 4) is 0 Å². The minimum Gasteiger partial charge on any atom is -0.480 e. The van der Waals surface area contributed by atoms with Gasteiger partial charge in [0.2, 0.25) is 0 Å². The number of carbonyl (C=O) groups is 1. The second-order valence-electron chi connectivity index (χ2n) is 11.9. The first kappa shape index (κ1) is 29.5. The van der Waals surface area contributed by atoms with Gasteiger partial charge in [0.15, 0.2) is 0 Å². The van der Waals surface area contributed by atoms with Crippen LogP contribution in [-0.2, 0) is 10.7 Å². The summed E-state index contributed by atoms with van der Waals surface area (Å²) in [7, 11) is 0. The maximum absolute atomic E-state index is 14.7. The first-order chi connectivity index (χ1) is 18.5. The molecule has 0 amide bonds. The lowest BCUT2D eigenvalue weighted by atomic mass is 9.86. The second-order valence-corrected chi connectivity index (χ2v) is 11.9. The fourth-order valence-corrected chi connectivity index (χ4v) is 6.32. The highest BCUT2D eigenvalue weighted by molar-refractivity contribution is 5.73. The summed E-state index contributed by atoms with van der Waals surface area (Å²) in [5.41, 5.74) is 0.752. The van der Waals surface area contributed by atoms with E-state index in [1.165, 1.54) is 6.07 Å². The molecule has 0 aromatic heterocycles. The van der Waals surface area contributed by atoms with Gasteiger partial charge in [0.25, 0.3) is 5.92 Å². The molecule has 8 heteroatoms. The Balaban J connectivity index is 1.36. The Hall–Kier alpha value is -2.45. The van der Waals surface area contributed by atoms with Crippen LogP contribution in [0.1, 0.15) is 63.0 Å². The van der Waals surface area contributed by atoms with Crippen LogP contribution in [0, 0.1) is 29.4 Å². The van der Waals surface area contributed by atoms with E-state index < -0.39 is 23.8 Å². The minimum atomic E-state index is -2.98. The molecular weight excluding hydrogens is 508 g/mol. The van der Waals surface area contributed by atoms with Gasteiger partial charge < -0.3 is 10.0 Å². The molecule has 0 aliphatic carbocycles. The summed E-state index contributed by atoms with van der Waals surface area (Å²) in [6.07, 6.45) is 2.37. The molecule has 2 aliphatic heterocycles. The van der Waals surface area contributed by atoms with Crippen LogP contribution < -0.4 is 0 Å². The SMILES string of the molecule is CC(C)C[C@H](C(=O)O)N1C[C@H](CN2CCC(CCC(F)(F)c3ccc(F)cc3)CC2)[C@@H](c2cccc(F)c2)C1. The number of alkyl halides is 2. The van der Waals surface area contributed by atoms with Gasteiger partial charge in [-0.15, -0.1) is 0 Å². The van der Waals surface area contributed by atoms with E-state index in [4.69, 9.17) is 0 Å². The van der Waals surface area contributed by atoms with E-state index in [-0.39, 0.29) is 41.5 Å². The Kier molecular flexibility index (Phi) is 9.70. The number of piperidine rings is 1. The van der Waals surface area contributed by atoms with Gasteiger partial charge in [-0.25, -0.2) is 17.6 Å². The van der Waals surface area contributed by atoms with Crippen molar-refractivity contribution in [3.63, 3.8) is 0 Å². The van der Waals surface area contributed by atoms with Crippen LogP contribution in [0.3, 0.4) is 0 Å². The maximum Gasteiger partial charge on any atom is 0.320 e. The molecule has 39 heavy (non-hydrogen) atoms. The number of nitrogens with zero attached hydrogens (tertiary/aromatic N) is 2. The summed E-state index contributed by atoms with van der Waals surface area (Å²) >= 11 is 0. The Morgan fingerprint density at radius 1 is 1.03 bits per heavy atom. The molecule has 3 atom stereocenters. The van der Waals surface area contributed by atoms with Gasteiger partial charge in [-0.3, -0.25) is 9.69 Å². The lowest BCUT2D eigenvalue weighted by Gasteiger charge is -2.35. The van der Waals surface area contributed by atoms with Gasteiger partial charge in [0, 0.05) is 37.5 Å². The van der Waals surface area contributed by atoms with Crippen molar-refractivity contribution in [2.75, 3.05) is 32.7 Å². The Morgan fingerprint density at radius 3 is 2.33 bits per heavy atom. The zero-order valence-corrected chi connectivity index (χ0v) is 22.8. The highest BCUT2D eigenvalue weighted by Gasteiger charge is 2.41. The normalized spacial score (nSPS) is 22.4. The molecule has 2 aromatic carbocycles. The molecule has 1 N–H and O–H groups in total. The van der Waals surface area contributed by atoms with Crippen molar-refractivity contribution in [1.29, 1.82) is 0 Å². The van der Waals surface area contributed by atoms with Gasteiger partial charge >= 0.3 is 5.97 Å². The highest BCUT2D eigenvalue weighted by atomic mass is 19.3. The van der Waals surface area contributed by atoms with Gasteiger partial charge in [-0.2, -0.15) is 0 Å². The number of carboxylic acid groups (broad SMARTS) is 1. The van der Waals surface area contributed by atoms with Crippen LogP contribution in [0.4, 0.5) is 17.6 Å². The number of carboxylic acids is 1. The van der Waals surface area contributed by atoms with E-state index in [1.54, 1.807) is 12.1 Å². The van der Waals surface area contributed by atoms with Crippen molar-refractivity contribution in [1.82, 2.24) is 9.80 Å². The summed E-state index contributed by atoms with van der Waals surface area (Å²) in [6.45, 7) is 7.62. The first-order valence-corrected chi connectivity index (χ1v) is 14.1. The number of benzene rings is 2. The topological polar surface area (TPSA) is 43.8 Å². The molecule has 2 aliphatic rings. The van der Waals surface area contributed by atoms with E-state index in [0.717, 1.165) is 62.3 Å². The molecule has 0 bridgehead atoms. The van der Waals surface area contributed by atoms with E-state index in [2.05, 4.69) is 4.90 Å². The Morgan fingerprint density at radius 2 is 1.72 bits per heavy atom. The molecule has 0 saturated carbocycles. The molecule has 4 nitrogen and oxygen atoms in total. The average Bonchev–Trinajstić information content (AvgIpc) is 3.30. The predicted molar refractivity (Wildman–Crippen MR) is 144 cm³/mol. The Labute approximate surface area is 229 Å². The number of hydrogen-bond acceptors (Lipinski definition) is 3. The van der Waals surface area contributed by atoms with E-state index in [9.17, 15) is 27.5 Å². The second kappa shape index (κ2) is 12.8. The molecule has 0 unspecified atom stereocenters. The number of rotatable bonds is 11. The molecule has 4 rings (SSSR count). The molecule has 2 fully saturated rings. The number of hydrogen-bond donors (Lipinski definition) is 1. The van der Waals surface area contributed by atoms with Crippen LogP contribution in [0.25, 0.3) is 0 Å². The summed E-state index contributed by atoms with van der Waals surface area (Å²) in [6, 6.07) is 10.5. The fraction of sp³-hybridized carbons (Fsp3) is 0.581. The zero-order valence-electron chi connectivity index (χ0n) is 22.8. The van der Waals surface area contributed by atoms with E-state index in [0.29, 0.717) is 25.9 Å². The van der Waals surface area contributed by atoms with Crippen LogP contribution in [-0.4, -0.2) is 59.6 Å². The van der Waals surface area contributed by atoms with Crippen molar-refractivity contribution in [2.45, 2.75) is 63.8 Å². The molecule has 2 aromatic rings. The third kappa shape index (κ3) is 7.82. The Bertz CT molecular complexity index is 1090. The molecule has 2 saturated heterocycles. The van der Waals surface area contributed by atoms with Crippen LogP contribution in [0.15, 0.2) is 48.5 Å². The highest BCUT2D eigenvalue weighted by Crippen LogP contribution is 2.38. The number of aliphatic carboxylic acids is 1. The standard InChI is InChI=1S/C31H40F4N2O2/c1-21(2)16-29(30(38)39)37-19-24(28(20-37)23-4-3-5-27(33)17-23)18-36-14-11-22(12-15-36)10-13-31(34,35)25-6-8-26(32)9-7-25/h3-9,17,21-22,24,28-29H,10-16,18-20H2,1-2H3,(H,38,39)/t24-,28+,29+/m0/s1. The fourth-order valence-electron chi connectivity index (χ4n) is 6.32. The lowest BCUT2D eigenvalue weighted by Crippen LogP contribution is -2.42. The van der Waals surface area contributed by atoms with Crippen molar-refractivity contribution >= 4 is 5.97 Å². The molecule has 2 heterocycles. The summed E-state index contributed by atoms with van der Waals surface area (Å²) < 4.78 is 56.5. The molecule has 0 spiro atoms. The lowest BCUT2D eigenvalue weighted by molar-refractivity contribution is -0.143. The molecular formula is C31H40F4N2O2. The largest absolute Gasteiger partial charge is 0.480 e. The maximum atomic E-state index is 14.7. The summed E-state index contributed by atoms with van der Waals surface area (Å²) in [4.78, 5) is 16.5. The molecule has 214 valence electrons. The van der Waals surface area contributed by atoms with Gasteiger partial charge in [0.1, 0.15) is 17.7 Å². The van der Waals surface area contributed by atoms with Gasteiger partial charge in [-0.1, -0.05) is 38.1 Å². The minimum absolute atomic E-state index is 0.0295. The van der Waals surface area contributed by atoms with Crippen molar-refractivity contribution in [3.05, 3.63) is 71.3 Å². The average molecular weight is 549 g/mol. The zero-order chi connectivity index (χ0) is 28.2. The van der Waals surface area contributed by atoms with Crippen LogP contribution in [0.2, 0.25) is 0 Å². The predicted octanol–water partition coefficient (Wildman–Crippen LogP) is 6.76. The molecule has 0 radical (unpaired) electrons. The third-order valence-electron chi connectivity index (χ3n) is 8.50.